The molecule has 46 heavy (non-hydrogen) atoms. The topological polar surface area (TPSA) is 123 Å². The van der Waals surface area contributed by atoms with E-state index in [1.807, 2.05) is 18.2 Å². The van der Waals surface area contributed by atoms with Gasteiger partial charge in [-0.2, -0.15) is 0 Å². The van der Waals surface area contributed by atoms with Crippen LogP contribution in [-0.4, -0.2) is 76.4 Å². The first kappa shape index (κ1) is 30.1. The molecule has 1 amide bonds. The fourth-order valence-electron chi connectivity index (χ4n) is 5.93. The highest BCUT2D eigenvalue weighted by Crippen LogP contribution is 2.40. The van der Waals surface area contributed by atoms with Crippen molar-refractivity contribution in [2.75, 3.05) is 56.4 Å². The number of aromatic nitrogens is 2. The number of amides is 1. The molecule has 7 rings (SSSR count). The van der Waals surface area contributed by atoms with Crippen LogP contribution in [0.1, 0.15) is 22.5 Å². The summed E-state index contributed by atoms with van der Waals surface area (Å²) >= 11 is 0. The predicted octanol–water partition coefficient (Wildman–Crippen LogP) is 4.16. The quantitative estimate of drug-likeness (QED) is 0.312. The minimum Gasteiger partial charge on any atom is -0.490 e. The summed E-state index contributed by atoms with van der Waals surface area (Å²) in [6.45, 7) is 3.37. The smallest absolute Gasteiger partial charge is 0.251 e. The summed E-state index contributed by atoms with van der Waals surface area (Å²) in [6.07, 6.45) is 1.21. The average molecular weight is 652 g/mol. The van der Waals surface area contributed by atoms with Gasteiger partial charge < -0.3 is 29.3 Å². The van der Waals surface area contributed by atoms with Crippen molar-refractivity contribution in [2.24, 2.45) is 5.92 Å². The van der Waals surface area contributed by atoms with Crippen LogP contribution < -0.4 is 24.6 Å². The van der Waals surface area contributed by atoms with Gasteiger partial charge in [-0.05, 0) is 48.5 Å². The number of nitrogens with zero attached hydrogens (tertiary/aromatic N) is 4. The van der Waals surface area contributed by atoms with Gasteiger partial charge in [-0.3, -0.25) is 9.78 Å². The number of alkyl halides is 1. The zero-order valence-corrected chi connectivity index (χ0v) is 25.7. The third kappa shape index (κ3) is 5.55. The molecule has 2 aromatic carbocycles. The Bertz CT molecular complexity index is 1940. The van der Waals surface area contributed by atoms with Gasteiger partial charge in [0.25, 0.3) is 5.91 Å². The maximum absolute atomic E-state index is 14.8. The van der Waals surface area contributed by atoms with Crippen LogP contribution in [0.2, 0.25) is 0 Å². The summed E-state index contributed by atoms with van der Waals surface area (Å²) in [5.74, 6) is -0.368. The number of hydrogen-bond acceptors (Lipinski definition) is 10. The molecule has 3 aliphatic heterocycles. The maximum Gasteiger partial charge on any atom is 0.251 e. The van der Waals surface area contributed by atoms with Gasteiger partial charge in [0.1, 0.15) is 23.1 Å². The van der Waals surface area contributed by atoms with Crippen molar-refractivity contribution in [3.8, 4) is 11.5 Å². The monoisotopic (exact) mass is 651 g/mol. The van der Waals surface area contributed by atoms with E-state index in [1.54, 1.807) is 19.4 Å². The molecule has 11 nitrogen and oxygen atoms in total. The molecular weight excluding hydrogens is 620 g/mol. The van der Waals surface area contributed by atoms with Crippen molar-refractivity contribution in [3.05, 3.63) is 71.8 Å². The number of hydrogen-bond donors (Lipinski definition) is 1. The van der Waals surface area contributed by atoms with Crippen molar-refractivity contribution >= 4 is 43.8 Å². The number of rotatable bonds is 7. The highest BCUT2D eigenvalue weighted by molar-refractivity contribution is 7.92. The zero-order valence-electron chi connectivity index (χ0n) is 24.9. The van der Waals surface area contributed by atoms with Crippen molar-refractivity contribution < 1.29 is 36.2 Å². The van der Waals surface area contributed by atoms with E-state index in [0.717, 1.165) is 60.2 Å². The van der Waals surface area contributed by atoms with Crippen LogP contribution in [0, 0.1) is 11.7 Å². The second-order valence-electron chi connectivity index (χ2n) is 11.5. The number of methoxy groups -OCH3 is 1. The third-order valence-electron chi connectivity index (χ3n) is 8.36. The average Bonchev–Trinajstić information content (AvgIpc) is 3.15. The summed E-state index contributed by atoms with van der Waals surface area (Å²) in [5, 5.41) is 3.43. The summed E-state index contributed by atoms with van der Waals surface area (Å²) in [7, 11) is -2.80. The Hall–Kier alpha value is -4.56. The summed E-state index contributed by atoms with van der Waals surface area (Å²) in [6, 6.07) is 13.6. The lowest BCUT2D eigenvalue weighted by Crippen LogP contribution is -2.48. The molecule has 2 aromatic heterocycles. The molecule has 0 saturated carbocycles. The van der Waals surface area contributed by atoms with E-state index >= 15 is 0 Å². The number of benzene rings is 2. The molecule has 3 aliphatic rings. The lowest BCUT2D eigenvalue weighted by Gasteiger charge is -2.41. The highest BCUT2D eigenvalue weighted by Gasteiger charge is 2.36. The largest absolute Gasteiger partial charge is 0.490 e. The first-order chi connectivity index (χ1) is 22.2. The van der Waals surface area contributed by atoms with Gasteiger partial charge in [0.2, 0.25) is 15.3 Å². The molecular formula is C32H31F2N5O6S. The number of fused-ring (bicyclic) bond motifs is 3. The van der Waals surface area contributed by atoms with Crippen LogP contribution >= 0.6 is 0 Å². The predicted molar refractivity (Wildman–Crippen MR) is 166 cm³/mol. The summed E-state index contributed by atoms with van der Waals surface area (Å²) < 4.78 is 70.5. The zero-order chi connectivity index (χ0) is 32.0. The number of halogens is 2. The molecule has 0 radical (unpaired) electrons. The lowest BCUT2D eigenvalue weighted by molar-refractivity contribution is 0.0949. The van der Waals surface area contributed by atoms with Gasteiger partial charge in [0, 0.05) is 55.4 Å². The van der Waals surface area contributed by atoms with Crippen LogP contribution in [0.25, 0.3) is 10.9 Å². The van der Waals surface area contributed by atoms with Crippen LogP contribution in [0.5, 0.6) is 11.5 Å². The van der Waals surface area contributed by atoms with E-state index in [4.69, 9.17) is 19.2 Å². The fraction of sp³-hybridized carbons (Fsp3) is 0.344. The lowest BCUT2D eigenvalue weighted by atomic mass is 10.00. The molecule has 1 N–H and O–H groups in total. The Kier molecular flexibility index (Phi) is 7.85. The second-order valence-corrected chi connectivity index (χ2v) is 13.5. The summed E-state index contributed by atoms with van der Waals surface area (Å²) in [5.41, 5.74) is 0.623. The van der Waals surface area contributed by atoms with Gasteiger partial charge in [-0.15, -0.1) is 0 Å². The highest BCUT2D eigenvalue weighted by atomic mass is 32.2. The number of pyridine rings is 2. The van der Waals surface area contributed by atoms with Gasteiger partial charge in [-0.25, -0.2) is 22.2 Å². The van der Waals surface area contributed by atoms with E-state index < -0.39 is 44.1 Å². The molecule has 1 saturated heterocycles. The molecule has 1 atom stereocenters. The Balaban J connectivity index is 1.10. The summed E-state index contributed by atoms with van der Waals surface area (Å²) in [4.78, 5) is 26.0. The van der Waals surface area contributed by atoms with Crippen LogP contribution in [-0.2, 0) is 21.1 Å². The molecule has 0 bridgehead atoms. The number of carbonyl (C=O) groups is 1. The van der Waals surface area contributed by atoms with Crippen molar-refractivity contribution in [1.82, 2.24) is 15.3 Å². The number of carbonyl (C=O) groups excluding carboxylic acids is 1. The van der Waals surface area contributed by atoms with E-state index in [9.17, 15) is 22.0 Å². The fourth-order valence-corrected chi connectivity index (χ4v) is 7.32. The normalized spacial score (nSPS) is 18.9. The Morgan fingerprint density at radius 3 is 2.78 bits per heavy atom. The molecule has 0 aliphatic carbocycles. The molecule has 4 aromatic rings. The van der Waals surface area contributed by atoms with Gasteiger partial charge in [0.15, 0.2) is 11.6 Å². The molecule has 240 valence electrons. The molecule has 1 fully saturated rings. The standard InChI is InChI=1S/C32H31F2N5O6S/c1-43-18-19-16-38(17-19)23-3-4-27-26(13-23)39(7-9-44-27)30-5-2-20-14-35-22(12-25(20)37-30)15-36-32(40)21-10-24(33)31-28(11-21)46(41,42)29(34)6-8-45-31/h2-5,10-14,19,29H,6-9,15-18H2,1H3,(H,36,40)/t29-/m1/s1. The third-order valence-corrected chi connectivity index (χ3v) is 10.2. The SMILES string of the molecule is COCC1CN(c2ccc3c(c2)N(c2ccc4cnc(CNC(=O)c5cc(F)c6c(c5)S(=O)(=O)[C@@H](F)CCO6)cc4n2)CCO3)C1. The molecule has 0 spiro atoms. The van der Waals surface area contributed by atoms with Crippen molar-refractivity contribution in [2.45, 2.75) is 23.4 Å². The first-order valence-corrected chi connectivity index (χ1v) is 16.4. The van der Waals surface area contributed by atoms with Crippen LogP contribution in [0.4, 0.5) is 26.0 Å². The Labute approximate surface area is 264 Å². The number of ether oxygens (including phenoxy) is 3. The van der Waals surface area contributed by atoms with Crippen LogP contribution in [0.15, 0.2) is 59.6 Å². The van der Waals surface area contributed by atoms with E-state index in [1.165, 1.54) is 0 Å². The Morgan fingerprint density at radius 1 is 1.11 bits per heavy atom. The number of sulfone groups is 1. The van der Waals surface area contributed by atoms with Crippen molar-refractivity contribution in [3.63, 3.8) is 0 Å². The van der Waals surface area contributed by atoms with E-state index in [2.05, 4.69) is 32.2 Å². The number of anilines is 3. The second kappa shape index (κ2) is 12.0. The van der Waals surface area contributed by atoms with Gasteiger partial charge in [-0.1, -0.05) is 0 Å². The van der Waals surface area contributed by atoms with Gasteiger partial charge in [0.05, 0.1) is 43.2 Å². The minimum absolute atomic E-state index is 0.0436. The van der Waals surface area contributed by atoms with E-state index in [-0.39, 0.29) is 18.7 Å². The molecule has 0 unspecified atom stereocenters. The van der Waals surface area contributed by atoms with Crippen LogP contribution in [0.3, 0.4) is 0 Å². The first-order valence-electron chi connectivity index (χ1n) is 14.9. The van der Waals surface area contributed by atoms with E-state index in [0.29, 0.717) is 30.3 Å². The van der Waals surface area contributed by atoms with Gasteiger partial charge >= 0.3 is 0 Å². The number of nitrogens with one attached hydrogen (secondary N) is 1. The minimum atomic E-state index is -4.52. The Morgan fingerprint density at radius 2 is 1.96 bits per heavy atom. The molecule has 14 heteroatoms. The molecule has 5 heterocycles. The van der Waals surface area contributed by atoms with Crippen molar-refractivity contribution in [1.29, 1.82) is 0 Å². The maximum atomic E-state index is 14.8.